The van der Waals surface area contributed by atoms with Crippen molar-refractivity contribution in [3.8, 4) is 22.9 Å². The van der Waals surface area contributed by atoms with Gasteiger partial charge < -0.3 is 25.1 Å². The van der Waals surface area contributed by atoms with E-state index in [4.69, 9.17) is 16.0 Å². The van der Waals surface area contributed by atoms with E-state index in [0.717, 1.165) is 10.6 Å². The second-order valence-corrected chi connectivity index (χ2v) is 7.23. The van der Waals surface area contributed by atoms with Gasteiger partial charge in [0.25, 0.3) is 5.91 Å². The van der Waals surface area contributed by atoms with E-state index in [1.54, 1.807) is 38.1 Å². The maximum Gasteiger partial charge on any atom is 0.327 e. The van der Waals surface area contributed by atoms with Gasteiger partial charge in [0.1, 0.15) is 18.0 Å². The number of hydrogen-bond donors (Lipinski definition) is 4. The number of carboxylic acid groups (broad SMARTS) is 1. The first-order chi connectivity index (χ1) is 13.7. The molecule has 0 aliphatic carbocycles. The van der Waals surface area contributed by atoms with Gasteiger partial charge >= 0.3 is 5.97 Å². The summed E-state index contributed by atoms with van der Waals surface area (Å²) in [7, 11) is 0. The second kappa shape index (κ2) is 7.92. The molecule has 0 aliphatic heterocycles. The predicted molar refractivity (Wildman–Crippen MR) is 106 cm³/mol. The molecule has 3 aromatic rings. The standard InChI is InChI=1S/C20H19ClN2O6/c1-10(2)17(20(27)28)23-16(24)7-15(19(23)26)22-18(25)14-9-29-8-13(14)11-3-5-12(21)6-4-11/h3-10,17,24,26H,1-2H3,(H,22,25)(H,27,28)/t17-/m1/s1. The lowest BCUT2D eigenvalue weighted by molar-refractivity contribution is -0.142. The van der Waals surface area contributed by atoms with E-state index in [0.29, 0.717) is 16.1 Å². The third-order valence-electron chi connectivity index (χ3n) is 4.46. The molecule has 0 unspecified atom stereocenters. The summed E-state index contributed by atoms with van der Waals surface area (Å²) in [6, 6.07) is 6.68. The number of amides is 1. The van der Waals surface area contributed by atoms with E-state index in [1.807, 2.05) is 0 Å². The lowest BCUT2D eigenvalue weighted by Crippen LogP contribution is -2.23. The SMILES string of the molecule is CC(C)[C@H](C(=O)O)n1c(O)cc(NC(=O)c2cocc2-c2ccc(Cl)cc2)c1O. The summed E-state index contributed by atoms with van der Waals surface area (Å²) in [6.45, 7) is 3.28. The van der Waals surface area contributed by atoms with E-state index in [-0.39, 0.29) is 11.3 Å². The van der Waals surface area contributed by atoms with Crippen LogP contribution in [0.15, 0.2) is 47.3 Å². The lowest BCUT2D eigenvalue weighted by Gasteiger charge is -2.19. The first-order valence-electron chi connectivity index (χ1n) is 8.70. The van der Waals surface area contributed by atoms with E-state index < -0.39 is 35.6 Å². The van der Waals surface area contributed by atoms with Crippen molar-refractivity contribution in [3.05, 3.63) is 53.4 Å². The molecule has 2 aromatic heterocycles. The molecule has 3 rings (SSSR count). The highest BCUT2D eigenvalue weighted by Crippen LogP contribution is 2.38. The van der Waals surface area contributed by atoms with Gasteiger partial charge in [0, 0.05) is 16.7 Å². The van der Waals surface area contributed by atoms with Gasteiger partial charge in [-0.2, -0.15) is 0 Å². The van der Waals surface area contributed by atoms with Crippen LogP contribution in [0.3, 0.4) is 0 Å². The Bertz CT molecular complexity index is 1050. The zero-order valence-electron chi connectivity index (χ0n) is 15.6. The molecule has 1 amide bonds. The number of aromatic nitrogens is 1. The van der Waals surface area contributed by atoms with Crippen LogP contribution in [0, 0.1) is 5.92 Å². The van der Waals surface area contributed by atoms with Gasteiger partial charge in [-0.1, -0.05) is 37.6 Å². The van der Waals surface area contributed by atoms with Crippen molar-refractivity contribution in [3.63, 3.8) is 0 Å². The fourth-order valence-electron chi connectivity index (χ4n) is 3.08. The molecule has 0 saturated carbocycles. The molecule has 29 heavy (non-hydrogen) atoms. The molecule has 4 N–H and O–H groups in total. The quantitative estimate of drug-likeness (QED) is 0.471. The average Bonchev–Trinajstić information content (AvgIpc) is 3.23. The van der Waals surface area contributed by atoms with Crippen LogP contribution in [0.25, 0.3) is 11.1 Å². The maximum absolute atomic E-state index is 12.7. The van der Waals surface area contributed by atoms with Crippen LogP contribution in [0.4, 0.5) is 5.69 Å². The summed E-state index contributed by atoms with van der Waals surface area (Å²) in [4.78, 5) is 24.3. The smallest absolute Gasteiger partial charge is 0.327 e. The number of carbonyl (C=O) groups is 2. The van der Waals surface area contributed by atoms with E-state index in [2.05, 4.69) is 5.32 Å². The summed E-state index contributed by atoms with van der Waals surface area (Å²) in [6.07, 6.45) is 2.65. The molecule has 1 aromatic carbocycles. The average molecular weight is 419 g/mol. The van der Waals surface area contributed by atoms with Crippen LogP contribution in [-0.2, 0) is 4.79 Å². The highest BCUT2D eigenvalue weighted by molar-refractivity contribution is 6.30. The number of hydrogen-bond acceptors (Lipinski definition) is 5. The van der Waals surface area contributed by atoms with Crippen molar-refractivity contribution in [1.29, 1.82) is 0 Å². The van der Waals surface area contributed by atoms with Crippen molar-refractivity contribution in [2.75, 3.05) is 5.32 Å². The molecule has 152 valence electrons. The molecule has 9 heteroatoms. The Balaban J connectivity index is 1.92. The van der Waals surface area contributed by atoms with Crippen LogP contribution in [-0.4, -0.2) is 31.8 Å². The number of halogens is 1. The minimum Gasteiger partial charge on any atom is -0.494 e. The number of anilines is 1. The zero-order valence-corrected chi connectivity index (χ0v) is 16.3. The minimum absolute atomic E-state index is 0.123. The fraction of sp³-hybridized carbons (Fsp3) is 0.200. The zero-order chi connectivity index (χ0) is 21.3. The van der Waals surface area contributed by atoms with Crippen molar-refractivity contribution >= 4 is 29.2 Å². The van der Waals surface area contributed by atoms with Crippen LogP contribution >= 0.6 is 11.6 Å². The largest absolute Gasteiger partial charge is 0.494 e. The van der Waals surface area contributed by atoms with Crippen LogP contribution in [0.2, 0.25) is 5.02 Å². The Morgan fingerprint density at radius 2 is 1.79 bits per heavy atom. The first kappa shape index (κ1) is 20.3. The number of aliphatic carboxylic acids is 1. The van der Waals surface area contributed by atoms with Crippen LogP contribution in [0.1, 0.15) is 30.2 Å². The molecular weight excluding hydrogens is 400 g/mol. The molecule has 0 bridgehead atoms. The normalized spacial score (nSPS) is 12.1. The van der Waals surface area contributed by atoms with Gasteiger partial charge in [0.15, 0.2) is 5.88 Å². The summed E-state index contributed by atoms with van der Waals surface area (Å²) in [5, 5.41) is 33.0. The number of carboxylic acids is 1. The molecule has 1 atom stereocenters. The van der Waals surface area contributed by atoms with Gasteiger partial charge in [-0.05, 0) is 23.6 Å². The Morgan fingerprint density at radius 1 is 1.14 bits per heavy atom. The molecular formula is C20H19ClN2O6. The number of carbonyl (C=O) groups excluding carboxylic acids is 1. The number of nitrogens with zero attached hydrogens (tertiary/aromatic N) is 1. The molecule has 0 radical (unpaired) electrons. The fourth-order valence-corrected chi connectivity index (χ4v) is 3.20. The molecule has 2 heterocycles. The van der Waals surface area contributed by atoms with Crippen molar-refractivity contribution in [2.45, 2.75) is 19.9 Å². The highest BCUT2D eigenvalue weighted by atomic mass is 35.5. The summed E-state index contributed by atoms with van der Waals surface area (Å²) < 4.78 is 6.02. The molecule has 8 nitrogen and oxygen atoms in total. The van der Waals surface area contributed by atoms with Gasteiger partial charge in [-0.25, -0.2) is 4.79 Å². The number of aromatic hydroxyl groups is 2. The first-order valence-corrected chi connectivity index (χ1v) is 9.08. The number of benzene rings is 1. The number of rotatable bonds is 6. The second-order valence-electron chi connectivity index (χ2n) is 6.80. The summed E-state index contributed by atoms with van der Waals surface area (Å²) in [5.41, 5.74) is 1.27. The molecule has 0 saturated heterocycles. The van der Waals surface area contributed by atoms with Crippen LogP contribution < -0.4 is 5.32 Å². The maximum atomic E-state index is 12.7. The summed E-state index contributed by atoms with van der Waals surface area (Å²) >= 11 is 5.89. The molecule has 0 spiro atoms. The van der Waals surface area contributed by atoms with E-state index in [1.165, 1.54) is 12.5 Å². The van der Waals surface area contributed by atoms with E-state index in [9.17, 15) is 24.9 Å². The third kappa shape index (κ3) is 3.93. The lowest BCUT2D eigenvalue weighted by atomic mass is 10.0. The molecule has 0 fully saturated rings. The van der Waals surface area contributed by atoms with Gasteiger partial charge in [-0.3, -0.25) is 9.36 Å². The van der Waals surface area contributed by atoms with Gasteiger partial charge in [-0.15, -0.1) is 0 Å². The number of furan rings is 1. The Morgan fingerprint density at radius 3 is 2.38 bits per heavy atom. The Kier molecular flexibility index (Phi) is 5.56. The third-order valence-corrected chi connectivity index (χ3v) is 4.71. The van der Waals surface area contributed by atoms with Crippen molar-refractivity contribution in [1.82, 2.24) is 4.57 Å². The van der Waals surface area contributed by atoms with Gasteiger partial charge in [0.2, 0.25) is 5.88 Å². The monoisotopic (exact) mass is 418 g/mol. The Hall–Kier alpha value is -3.39. The summed E-state index contributed by atoms with van der Waals surface area (Å²) in [5.74, 6) is -3.30. The van der Waals surface area contributed by atoms with E-state index >= 15 is 0 Å². The van der Waals surface area contributed by atoms with Crippen LogP contribution in [0.5, 0.6) is 11.8 Å². The van der Waals surface area contributed by atoms with Crippen molar-refractivity contribution in [2.24, 2.45) is 5.92 Å². The topological polar surface area (TPSA) is 125 Å². The Labute approximate surface area is 171 Å². The molecule has 0 aliphatic rings. The predicted octanol–water partition coefficient (Wildman–Crippen LogP) is 4.35. The highest BCUT2D eigenvalue weighted by Gasteiger charge is 2.30. The van der Waals surface area contributed by atoms with Crippen molar-refractivity contribution < 1.29 is 29.3 Å². The minimum atomic E-state index is -1.22. The number of nitrogens with one attached hydrogen (secondary N) is 1. The van der Waals surface area contributed by atoms with Gasteiger partial charge in [0.05, 0.1) is 11.8 Å².